The van der Waals surface area contributed by atoms with E-state index in [0.717, 1.165) is 6.07 Å². The minimum Gasteiger partial charge on any atom is -0.484 e. The molecule has 2 aromatic rings. The summed E-state index contributed by atoms with van der Waals surface area (Å²) in [4.78, 5) is 11.8. The van der Waals surface area contributed by atoms with Crippen molar-refractivity contribution in [3.8, 4) is 5.75 Å². The van der Waals surface area contributed by atoms with Crippen molar-refractivity contribution >= 4 is 35.1 Å². The average molecular weight is 381 g/mol. The number of hydrogen-bond donors (Lipinski definition) is 1. The van der Waals surface area contributed by atoms with E-state index in [1.54, 1.807) is 0 Å². The molecule has 0 aliphatic carbocycles. The quantitative estimate of drug-likeness (QED) is 0.803. The van der Waals surface area contributed by atoms with Crippen molar-refractivity contribution in [2.24, 2.45) is 0 Å². The summed E-state index contributed by atoms with van der Waals surface area (Å²) in [5.74, 6) is 0.270. The van der Waals surface area contributed by atoms with Crippen LogP contribution in [-0.4, -0.2) is 24.0 Å². The smallest absolute Gasteiger partial charge is 0.262 e. The molecule has 1 amide bonds. The molecule has 1 aliphatic heterocycles. The van der Waals surface area contributed by atoms with Crippen LogP contribution < -0.4 is 10.1 Å². The van der Waals surface area contributed by atoms with Gasteiger partial charge in [-0.1, -0.05) is 18.2 Å². The van der Waals surface area contributed by atoms with Crippen molar-refractivity contribution in [3.05, 3.63) is 59.7 Å². The van der Waals surface area contributed by atoms with Gasteiger partial charge < -0.3 is 10.1 Å². The largest absolute Gasteiger partial charge is 0.484 e. The number of carbonyl (C=O) groups excluding carboxylic acids is 1. The maximum Gasteiger partial charge on any atom is 0.262 e. The molecule has 0 bridgehead atoms. The van der Waals surface area contributed by atoms with Crippen LogP contribution in [0.2, 0.25) is 0 Å². The normalized spacial score (nSPS) is 15.0. The third-order valence-electron chi connectivity index (χ3n) is 3.58. The summed E-state index contributed by atoms with van der Waals surface area (Å²) in [6, 6.07) is 11.2. The Bertz CT molecular complexity index is 734. The first kappa shape index (κ1) is 18.1. The van der Waals surface area contributed by atoms with Crippen LogP contribution in [0.1, 0.15) is 16.6 Å². The fourth-order valence-electron chi connectivity index (χ4n) is 2.34. The zero-order chi connectivity index (χ0) is 17.6. The Morgan fingerprint density at radius 2 is 1.84 bits per heavy atom. The van der Waals surface area contributed by atoms with Gasteiger partial charge in [0.05, 0.1) is 10.3 Å². The lowest BCUT2D eigenvalue weighted by Gasteiger charge is -2.21. The molecule has 3 nitrogen and oxygen atoms in total. The zero-order valence-electron chi connectivity index (χ0n) is 13.3. The van der Waals surface area contributed by atoms with Crippen molar-refractivity contribution in [3.63, 3.8) is 0 Å². The summed E-state index contributed by atoms with van der Waals surface area (Å²) in [7, 11) is 0. The molecule has 7 heteroatoms. The monoisotopic (exact) mass is 381 g/mol. The number of carbonyl (C=O) groups is 1. The van der Waals surface area contributed by atoms with Crippen LogP contribution >= 0.6 is 23.5 Å². The van der Waals surface area contributed by atoms with Crippen LogP contribution in [0, 0.1) is 11.6 Å². The first-order chi connectivity index (χ1) is 12.1. The maximum atomic E-state index is 13.5. The lowest BCUT2D eigenvalue weighted by atomic mass is 10.2. The Hall–Kier alpha value is -1.73. The molecule has 0 unspecified atom stereocenters. The number of hydrogen-bond acceptors (Lipinski definition) is 4. The molecule has 3 rings (SSSR count). The number of amides is 1. The molecule has 0 aromatic heterocycles. The first-order valence-corrected chi connectivity index (χ1v) is 9.93. The fraction of sp³-hybridized carbons (Fsp3) is 0.278. The molecule has 1 aliphatic rings. The highest BCUT2D eigenvalue weighted by Crippen LogP contribution is 2.43. The van der Waals surface area contributed by atoms with Gasteiger partial charge in [-0.3, -0.25) is 4.79 Å². The second kappa shape index (κ2) is 8.58. The number of anilines is 1. The second-order valence-corrected chi connectivity index (χ2v) is 8.16. The van der Waals surface area contributed by atoms with Gasteiger partial charge in [0, 0.05) is 0 Å². The Morgan fingerprint density at radius 3 is 2.56 bits per heavy atom. The Labute approximate surface area is 153 Å². The number of thioether (sulfide) groups is 2. The Balaban J connectivity index is 1.52. The van der Waals surface area contributed by atoms with E-state index in [1.165, 1.54) is 35.6 Å². The predicted octanol–water partition coefficient (Wildman–Crippen LogP) is 4.85. The van der Waals surface area contributed by atoms with Gasteiger partial charge in [0.15, 0.2) is 18.2 Å². The van der Waals surface area contributed by atoms with Gasteiger partial charge in [-0.15, -0.1) is 23.5 Å². The summed E-state index contributed by atoms with van der Waals surface area (Å²) in [6.07, 6.45) is 1.24. The summed E-state index contributed by atoms with van der Waals surface area (Å²) < 4.78 is 32.5. The number of rotatable bonds is 5. The topological polar surface area (TPSA) is 38.3 Å². The third kappa shape index (κ3) is 4.89. The molecular weight excluding hydrogens is 364 g/mol. The highest BCUT2D eigenvalue weighted by molar-refractivity contribution is 8.16. The molecule has 1 fully saturated rings. The molecule has 0 atom stereocenters. The van der Waals surface area contributed by atoms with Gasteiger partial charge in [-0.25, -0.2) is 8.78 Å². The maximum absolute atomic E-state index is 13.5. The molecule has 1 saturated heterocycles. The zero-order valence-corrected chi connectivity index (χ0v) is 15.0. The van der Waals surface area contributed by atoms with Crippen LogP contribution in [0.4, 0.5) is 14.5 Å². The Kier molecular flexibility index (Phi) is 6.20. The summed E-state index contributed by atoms with van der Waals surface area (Å²) in [6.45, 7) is -0.276. The van der Waals surface area contributed by atoms with E-state index in [-0.39, 0.29) is 12.3 Å². The standard InChI is InChI=1S/C18H17F2NO2S2/c19-14-3-1-4-15(17(14)20)21-16(22)11-23-13-7-5-12(6-8-13)18-24-9-2-10-25-18/h1,3-8,18H,2,9-11H2,(H,21,22). The number of nitrogens with one attached hydrogen (secondary N) is 1. The lowest BCUT2D eigenvalue weighted by Crippen LogP contribution is -2.21. The van der Waals surface area contributed by atoms with Crippen LogP contribution in [0.3, 0.4) is 0 Å². The van der Waals surface area contributed by atoms with E-state index >= 15 is 0 Å². The summed E-state index contributed by atoms with van der Waals surface area (Å²) >= 11 is 3.87. The van der Waals surface area contributed by atoms with E-state index in [9.17, 15) is 13.6 Å². The van der Waals surface area contributed by atoms with Gasteiger partial charge in [-0.05, 0) is 47.8 Å². The Morgan fingerprint density at radius 1 is 1.12 bits per heavy atom. The van der Waals surface area contributed by atoms with Gasteiger partial charge in [0.2, 0.25) is 0 Å². The van der Waals surface area contributed by atoms with Crippen LogP contribution in [-0.2, 0) is 4.79 Å². The van der Waals surface area contributed by atoms with Gasteiger partial charge >= 0.3 is 0 Å². The van der Waals surface area contributed by atoms with Gasteiger partial charge in [0.25, 0.3) is 5.91 Å². The minimum atomic E-state index is -1.08. The van der Waals surface area contributed by atoms with Crippen molar-refractivity contribution in [2.45, 2.75) is 11.0 Å². The van der Waals surface area contributed by atoms with E-state index in [2.05, 4.69) is 5.32 Å². The number of ether oxygens (including phenoxy) is 1. The molecule has 1 N–H and O–H groups in total. The van der Waals surface area contributed by atoms with Crippen LogP contribution in [0.5, 0.6) is 5.75 Å². The summed E-state index contributed by atoms with van der Waals surface area (Å²) in [5, 5.41) is 2.30. The van der Waals surface area contributed by atoms with E-state index in [1.807, 2.05) is 47.8 Å². The first-order valence-electron chi connectivity index (χ1n) is 7.83. The predicted molar refractivity (Wildman–Crippen MR) is 99.2 cm³/mol. The van der Waals surface area contributed by atoms with Crippen LogP contribution in [0.25, 0.3) is 0 Å². The average Bonchev–Trinajstić information content (AvgIpc) is 2.65. The second-order valence-electron chi connectivity index (χ2n) is 5.43. The van der Waals surface area contributed by atoms with Crippen molar-refractivity contribution in [2.75, 3.05) is 23.4 Å². The van der Waals surface area contributed by atoms with E-state index in [0.29, 0.717) is 10.3 Å². The van der Waals surface area contributed by atoms with E-state index in [4.69, 9.17) is 4.74 Å². The van der Waals surface area contributed by atoms with E-state index < -0.39 is 17.5 Å². The van der Waals surface area contributed by atoms with Gasteiger partial charge in [-0.2, -0.15) is 0 Å². The number of halogens is 2. The molecule has 0 spiro atoms. The molecule has 0 saturated carbocycles. The molecule has 2 aromatic carbocycles. The van der Waals surface area contributed by atoms with Crippen LogP contribution in [0.15, 0.2) is 42.5 Å². The van der Waals surface area contributed by atoms with Crippen molar-refractivity contribution < 1.29 is 18.3 Å². The molecular formula is C18H17F2NO2S2. The van der Waals surface area contributed by atoms with Crippen molar-refractivity contribution in [1.29, 1.82) is 0 Å². The molecule has 132 valence electrons. The number of benzene rings is 2. The molecule has 1 heterocycles. The minimum absolute atomic E-state index is 0.199. The highest BCUT2D eigenvalue weighted by atomic mass is 32.2. The fourth-order valence-corrected chi connectivity index (χ4v) is 5.23. The van der Waals surface area contributed by atoms with Gasteiger partial charge in [0.1, 0.15) is 5.75 Å². The third-order valence-corrected chi connectivity index (χ3v) is 6.59. The lowest BCUT2D eigenvalue weighted by molar-refractivity contribution is -0.118. The summed E-state index contributed by atoms with van der Waals surface area (Å²) in [5.41, 5.74) is 1.03. The highest BCUT2D eigenvalue weighted by Gasteiger charge is 2.16. The molecule has 25 heavy (non-hydrogen) atoms. The van der Waals surface area contributed by atoms with Crippen molar-refractivity contribution in [1.82, 2.24) is 0 Å². The SMILES string of the molecule is O=C(COc1ccc(C2SCCCS2)cc1)Nc1cccc(F)c1F. The molecule has 0 radical (unpaired) electrons.